The maximum absolute atomic E-state index is 13.7. The predicted octanol–water partition coefficient (Wildman–Crippen LogP) is 3.53. The number of carbonyl (C=O) groups is 3. The minimum absolute atomic E-state index is 0.0113. The molecule has 2 fully saturated rings. The van der Waals surface area contributed by atoms with E-state index >= 15 is 0 Å². The second kappa shape index (κ2) is 8.85. The molecule has 33 heavy (non-hydrogen) atoms. The molecule has 4 rings (SSSR count). The van der Waals surface area contributed by atoms with E-state index in [9.17, 15) is 23.2 Å². The van der Waals surface area contributed by atoms with Gasteiger partial charge in [0, 0.05) is 42.9 Å². The van der Waals surface area contributed by atoms with Gasteiger partial charge in [-0.15, -0.1) is 0 Å². The second-order valence-corrected chi connectivity index (χ2v) is 10.6. The summed E-state index contributed by atoms with van der Waals surface area (Å²) in [6, 6.07) is 2.40. The van der Waals surface area contributed by atoms with Gasteiger partial charge < -0.3 is 15.1 Å². The number of carbonyl (C=O) groups excluding carboxylic acids is 3. The van der Waals surface area contributed by atoms with Gasteiger partial charge in [0.25, 0.3) is 5.92 Å². The standard InChI is InChI=1S/C24H30ClF2N3O3/c1-13(2)4-15-5-18(25)6-17-10-29(11-19(15)17)21(31)8-16-7-20(28-22(16)32)23(33)30-12-24(26,27)9-14(30)3/h5-6,13-14,16,20H,4,7-12H2,1-3H3,(H,28,32)/t14-,16+,20+/m1/s1. The van der Waals surface area contributed by atoms with Crippen LogP contribution < -0.4 is 5.32 Å². The van der Waals surface area contributed by atoms with Crippen LogP contribution in [0, 0.1) is 11.8 Å². The van der Waals surface area contributed by atoms with Gasteiger partial charge in [-0.3, -0.25) is 14.4 Å². The minimum atomic E-state index is -2.91. The second-order valence-electron chi connectivity index (χ2n) is 10.1. The van der Waals surface area contributed by atoms with Gasteiger partial charge in [0.15, 0.2) is 0 Å². The van der Waals surface area contributed by atoms with Gasteiger partial charge in [0.2, 0.25) is 17.7 Å². The Labute approximate surface area is 197 Å². The molecule has 0 spiro atoms. The van der Waals surface area contributed by atoms with Crippen LogP contribution in [0.3, 0.4) is 0 Å². The largest absolute Gasteiger partial charge is 0.344 e. The molecule has 3 aliphatic rings. The van der Waals surface area contributed by atoms with Crippen molar-refractivity contribution in [2.45, 2.75) is 77.6 Å². The number of halogens is 3. The van der Waals surface area contributed by atoms with Gasteiger partial charge in [0.1, 0.15) is 6.04 Å². The zero-order valence-electron chi connectivity index (χ0n) is 19.2. The summed E-state index contributed by atoms with van der Waals surface area (Å²) in [6.07, 6.45) is 0.624. The SMILES string of the molecule is CC(C)Cc1cc(Cl)cc2c1CN(C(=O)C[C@@H]1C[C@@H](C(=O)N3CC(F)(F)C[C@H]3C)NC1=O)C2. The number of likely N-dealkylation sites (tertiary alicyclic amines) is 1. The van der Waals surface area contributed by atoms with Crippen LogP contribution in [0.15, 0.2) is 12.1 Å². The summed E-state index contributed by atoms with van der Waals surface area (Å²) >= 11 is 6.28. The van der Waals surface area contributed by atoms with E-state index in [2.05, 4.69) is 19.2 Å². The van der Waals surface area contributed by atoms with E-state index in [1.165, 1.54) is 0 Å². The van der Waals surface area contributed by atoms with Crippen LogP contribution in [0.1, 0.15) is 56.7 Å². The van der Waals surface area contributed by atoms with Crippen molar-refractivity contribution in [2.24, 2.45) is 11.8 Å². The van der Waals surface area contributed by atoms with Crippen LogP contribution in [0.2, 0.25) is 5.02 Å². The average Bonchev–Trinajstić information content (AvgIpc) is 3.36. The van der Waals surface area contributed by atoms with Crippen molar-refractivity contribution in [3.8, 4) is 0 Å². The maximum Gasteiger partial charge on any atom is 0.267 e. The fraction of sp³-hybridized carbons (Fsp3) is 0.625. The lowest BCUT2D eigenvalue weighted by atomic mass is 9.96. The lowest BCUT2D eigenvalue weighted by Gasteiger charge is -2.24. The van der Waals surface area contributed by atoms with Crippen LogP contribution in [0.25, 0.3) is 0 Å². The Kier molecular flexibility index (Phi) is 6.42. The highest BCUT2D eigenvalue weighted by atomic mass is 35.5. The van der Waals surface area contributed by atoms with Gasteiger partial charge in [0.05, 0.1) is 6.54 Å². The summed E-state index contributed by atoms with van der Waals surface area (Å²) in [5.41, 5.74) is 3.29. The summed E-state index contributed by atoms with van der Waals surface area (Å²) in [6.45, 7) is 6.14. The third-order valence-corrected chi connectivity index (χ3v) is 7.05. The van der Waals surface area contributed by atoms with E-state index < -0.39 is 36.4 Å². The van der Waals surface area contributed by atoms with E-state index in [0.29, 0.717) is 24.0 Å². The Morgan fingerprint density at radius 3 is 2.64 bits per heavy atom. The molecule has 9 heteroatoms. The van der Waals surface area contributed by atoms with E-state index in [1.807, 2.05) is 12.1 Å². The van der Waals surface area contributed by atoms with Gasteiger partial charge in [-0.1, -0.05) is 25.4 Å². The van der Waals surface area contributed by atoms with Crippen LogP contribution in [0.4, 0.5) is 8.78 Å². The molecule has 3 atom stereocenters. The predicted molar refractivity (Wildman–Crippen MR) is 120 cm³/mol. The minimum Gasteiger partial charge on any atom is -0.344 e. The zero-order valence-corrected chi connectivity index (χ0v) is 19.9. The number of amides is 3. The average molecular weight is 482 g/mol. The number of hydrogen-bond acceptors (Lipinski definition) is 3. The normalized spacial score (nSPS) is 26.2. The third-order valence-electron chi connectivity index (χ3n) is 6.83. The molecule has 3 heterocycles. The summed E-state index contributed by atoms with van der Waals surface area (Å²) in [4.78, 5) is 41.1. The maximum atomic E-state index is 13.7. The molecular weight excluding hydrogens is 452 g/mol. The number of fused-ring (bicyclic) bond motifs is 1. The molecule has 0 radical (unpaired) electrons. The Hall–Kier alpha value is -2.22. The van der Waals surface area contributed by atoms with E-state index in [4.69, 9.17) is 11.6 Å². The van der Waals surface area contributed by atoms with Crippen LogP contribution in [-0.2, 0) is 33.9 Å². The Morgan fingerprint density at radius 2 is 2.00 bits per heavy atom. The quantitative estimate of drug-likeness (QED) is 0.699. The van der Waals surface area contributed by atoms with Crippen molar-refractivity contribution >= 4 is 29.3 Å². The van der Waals surface area contributed by atoms with Crippen molar-refractivity contribution in [1.82, 2.24) is 15.1 Å². The molecule has 1 aromatic rings. The number of alkyl halides is 2. The zero-order chi connectivity index (χ0) is 24.1. The third kappa shape index (κ3) is 5.00. The van der Waals surface area contributed by atoms with Crippen LogP contribution >= 0.6 is 11.6 Å². The first-order valence-electron chi connectivity index (χ1n) is 11.5. The highest BCUT2D eigenvalue weighted by Gasteiger charge is 2.48. The Balaban J connectivity index is 1.38. The number of hydrogen-bond donors (Lipinski definition) is 1. The molecule has 3 aliphatic heterocycles. The molecule has 0 unspecified atom stereocenters. The number of rotatable bonds is 5. The molecule has 2 saturated heterocycles. The smallest absolute Gasteiger partial charge is 0.267 e. The van der Waals surface area contributed by atoms with Crippen LogP contribution in [-0.4, -0.2) is 52.1 Å². The van der Waals surface area contributed by atoms with Crippen molar-refractivity contribution < 1.29 is 23.2 Å². The van der Waals surface area contributed by atoms with E-state index in [1.54, 1.807) is 11.8 Å². The molecule has 0 bridgehead atoms. The molecular formula is C24H30ClF2N3O3. The summed E-state index contributed by atoms with van der Waals surface area (Å²) in [5, 5.41) is 3.27. The van der Waals surface area contributed by atoms with Gasteiger partial charge >= 0.3 is 0 Å². The van der Waals surface area contributed by atoms with E-state index in [0.717, 1.165) is 28.0 Å². The summed E-state index contributed by atoms with van der Waals surface area (Å²) in [7, 11) is 0. The molecule has 1 N–H and O–H groups in total. The number of nitrogens with zero attached hydrogens (tertiary/aromatic N) is 2. The fourth-order valence-corrected chi connectivity index (χ4v) is 5.54. The Morgan fingerprint density at radius 1 is 1.27 bits per heavy atom. The van der Waals surface area contributed by atoms with Crippen molar-refractivity contribution in [1.29, 1.82) is 0 Å². The molecule has 3 amide bonds. The first-order valence-corrected chi connectivity index (χ1v) is 11.9. The molecule has 180 valence electrons. The van der Waals surface area contributed by atoms with Crippen molar-refractivity contribution in [3.05, 3.63) is 33.8 Å². The monoisotopic (exact) mass is 481 g/mol. The fourth-order valence-electron chi connectivity index (χ4n) is 5.28. The molecule has 0 saturated carbocycles. The van der Waals surface area contributed by atoms with Crippen molar-refractivity contribution in [2.75, 3.05) is 6.54 Å². The molecule has 6 nitrogen and oxygen atoms in total. The first kappa shape index (κ1) is 23.9. The van der Waals surface area contributed by atoms with Crippen molar-refractivity contribution in [3.63, 3.8) is 0 Å². The van der Waals surface area contributed by atoms with E-state index in [-0.39, 0.29) is 31.1 Å². The first-order chi connectivity index (χ1) is 15.4. The number of nitrogens with one attached hydrogen (secondary N) is 1. The van der Waals surface area contributed by atoms with Crippen LogP contribution in [0.5, 0.6) is 0 Å². The summed E-state index contributed by atoms with van der Waals surface area (Å²) in [5.74, 6) is -4.13. The molecule has 1 aromatic carbocycles. The highest BCUT2D eigenvalue weighted by Crippen LogP contribution is 2.34. The molecule has 0 aromatic heterocycles. The molecule has 0 aliphatic carbocycles. The van der Waals surface area contributed by atoms with Gasteiger partial charge in [-0.25, -0.2) is 8.78 Å². The highest BCUT2D eigenvalue weighted by molar-refractivity contribution is 6.30. The summed E-state index contributed by atoms with van der Waals surface area (Å²) < 4.78 is 27.4. The lowest BCUT2D eigenvalue weighted by molar-refractivity contribution is -0.136. The van der Waals surface area contributed by atoms with Gasteiger partial charge in [-0.2, -0.15) is 0 Å². The lowest BCUT2D eigenvalue weighted by Crippen LogP contribution is -2.46. The van der Waals surface area contributed by atoms with Gasteiger partial charge in [-0.05, 0) is 54.5 Å². The topological polar surface area (TPSA) is 69.7 Å². The Bertz CT molecular complexity index is 984. The number of benzene rings is 1.